The molecule has 162 valence electrons. The van der Waals surface area contributed by atoms with Gasteiger partial charge < -0.3 is 22.3 Å². The van der Waals surface area contributed by atoms with Crippen molar-refractivity contribution < 1.29 is 17.0 Å². The summed E-state index contributed by atoms with van der Waals surface area (Å²) in [5.41, 5.74) is 2.49. The molecule has 0 saturated carbocycles. The molecule has 4 aromatic carbocycles. The lowest BCUT2D eigenvalue weighted by Crippen LogP contribution is -3.00. The van der Waals surface area contributed by atoms with Crippen molar-refractivity contribution in [2.75, 3.05) is 0 Å². The van der Waals surface area contributed by atoms with Gasteiger partial charge in [0.2, 0.25) is 0 Å². The fraction of sp³-hybridized carbons (Fsp3) is 0.103. The van der Waals surface area contributed by atoms with E-state index in [2.05, 4.69) is 146 Å². The van der Waals surface area contributed by atoms with Crippen molar-refractivity contribution >= 4 is 23.2 Å². The minimum absolute atomic E-state index is 0. The number of allylic oxidation sites excluding steroid dienone is 1. The molecule has 0 bridgehead atoms. The van der Waals surface area contributed by atoms with Crippen LogP contribution in [-0.2, 0) is 0 Å². The second kappa shape index (κ2) is 11.3. The quantitative estimate of drug-likeness (QED) is 0.383. The predicted molar refractivity (Wildman–Crippen MR) is 137 cm³/mol. The van der Waals surface area contributed by atoms with Gasteiger partial charge in [0.1, 0.15) is 23.2 Å². The largest absolute Gasteiger partial charge is 1.00 e. The second-order valence-electron chi connectivity index (χ2n) is 7.82. The highest BCUT2D eigenvalue weighted by atomic mass is 79.9. The Morgan fingerprint density at radius 3 is 1.34 bits per heavy atom. The lowest BCUT2D eigenvalue weighted by atomic mass is 10.1. The van der Waals surface area contributed by atoms with Crippen molar-refractivity contribution in [3.63, 3.8) is 0 Å². The van der Waals surface area contributed by atoms with Crippen molar-refractivity contribution in [3.8, 4) is 0 Å². The maximum Gasteiger partial charge on any atom is 0.138 e. The molecule has 0 saturated heterocycles. The number of nitrogens with one attached hydrogen (secondary N) is 1. The van der Waals surface area contributed by atoms with Crippen molar-refractivity contribution in [1.29, 1.82) is 0 Å². The van der Waals surface area contributed by atoms with Gasteiger partial charge >= 0.3 is 0 Å². The Labute approximate surface area is 203 Å². The third kappa shape index (κ3) is 5.21. The topological polar surface area (TPSA) is 12.0 Å². The van der Waals surface area contributed by atoms with E-state index in [0.717, 1.165) is 0 Å². The third-order valence-electron chi connectivity index (χ3n) is 5.62. The molecule has 1 N–H and O–H groups in total. The van der Waals surface area contributed by atoms with Gasteiger partial charge in [0, 0.05) is 11.7 Å². The van der Waals surface area contributed by atoms with Crippen LogP contribution in [0.4, 0.5) is 0 Å². The van der Waals surface area contributed by atoms with E-state index in [1.165, 1.54) is 27.2 Å². The van der Waals surface area contributed by atoms with Crippen molar-refractivity contribution in [2.24, 2.45) is 0 Å². The fourth-order valence-corrected chi connectivity index (χ4v) is 8.08. The summed E-state index contributed by atoms with van der Waals surface area (Å²) in [5, 5.41) is 7.84. The summed E-state index contributed by atoms with van der Waals surface area (Å²) in [4.78, 5) is 0. The van der Waals surface area contributed by atoms with Gasteiger partial charge in [-0.25, -0.2) is 0 Å². The molecule has 1 atom stereocenters. The minimum Gasteiger partial charge on any atom is -1.00 e. The Hall–Kier alpha value is -2.67. The first-order valence-corrected chi connectivity index (χ1v) is 12.6. The molecule has 0 radical (unpaired) electrons. The molecule has 0 aliphatic carbocycles. The normalized spacial score (nSPS) is 12.5. The van der Waals surface area contributed by atoms with E-state index >= 15 is 0 Å². The highest BCUT2D eigenvalue weighted by molar-refractivity contribution is 7.98. The molecule has 1 nitrogen and oxygen atoms in total. The molecule has 4 rings (SSSR count). The molecule has 0 aliphatic heterocycles. The van der Waals surface area contributed by atoms with E-state index in [9.17, 15) is 0 Å². The van der Waals surface area contributed by atoms with Gasteiger partial charge in [-0.3, -0.25) is 0 Å². The summed E-state index contributed by atoms with van der Waals surface area (Å²) in [7, 11) is -1.98. The van der Waals surface area contributed by atoms with E-state index in [1.54, 1.807) is 0 Å². The number of halogens is 1. The van der Waals surface area contributed by atoms with Crippen molar-refractivity contribution in [2.45, 2.75) is 19.9 Å². The standard InChI is InChI=1S/C29H29NP.BrH/c1-24(30-25(2)26-15-7-3-8-16-26)23-31(27-17-9-4-10-18-27,28-19-11-5-12-20-28)29-21-13-6-14-22-29;/h3-23,25,30H,1-2H3;1H/q+1;/p-1/b24-23+;/t25-;/m1./s1. The smallest absolute Gasteiger partial charge is 0.138 e. The van der Waals surface area contributed by atoms with E-state index in [-0.39, 0.29) is 23.0 Å². The second-order valence-corrected chi connectivity index (χ2v) is 11.1. The van der Waals surface area contributed by atoms with Gasteiger partial charge in [0.25, 0.3) is 0 Å². The van der Waals surface area contributed by atoms with Crippen LogP contribution in [-0.4, -0.2) is 0 Å². The van der Waals surface area contributed by atoms with Gasteiger partial charge in [-0.2, -0.15) is 0 Å². The van der Waals surface area contributed by atoms with Crippen LogP contribution in [0.15, 0.2) is 133 Å². The van der Waals surface area contributed by atoms with E-state index < -0.39 is 7.26 Å². The zero-order valence-corrected chi connectivity index (χ0v) is 21.0. The van der Waals surface area contributed by atoms with Crippen LogP contribution in [0.25, 0.3) is 0 Å². The number of rotatable bonds is 7. The van der Waals surface area contributed by atoms with Crippen LogP contribution in [0.5, 0.6) is 0 Å². The summed E-state index contributed by atoms with van der Waals surface area (Å²) in [6.07, 6.45) is 0. The summed E-state index contributed by atoms with van der Waals surface area (Å²) < 4.78 is 0. The lowest BCUT2D eigenvalue weighted by Gasteiger charge is -2.26. The lowest BCUT2D eigenvalue weighted by molar-refractivity contribution is -0.00000626. The molecule has 0 amide bonds. The maximum atomic E-state index is 3.75. The summed E-state index contributed by atoms with van der Waals surface area (Å²) in [6.45, 7) is 4.42. The zero-order chi connectivity index (χ0) is 21.5. The number of benzene rings is 4. The van der Waals surface area contributed by atoms with Crippen LogP contribution in [0, 0.1) is 0 Å². The highest BCUT2D eigenvalue weighted by Gasteiger charge is 2.43. The molecule has 4 aromatic rings. The maximum absolute atomic E-state index is 3.75. The van der Waals surface area contributed by atoms with Crippen LogP contribution in [0.1, 0.15) is 25.5 Å². The van der Waals surface area contributed by atoms with Crippen molar-refractivity contribution in [1.82, 2.24) is 5.32 Å². The Bertz CT molecular complexity index is 1020. The Kier molecular flexibility index (Phi) is 8.45. The Morgan fingerprint density at radius 2 is 0.969 bits per heavy atom. The summed E-state index contributed by atoms with van der Waals surface area (Å²) in [6, 6.07) is 43.7. The first-order valence-electron chi connectivity index (χ1n) is 10.8. The van der Waals surface area contributed by atoms with E-state index in [4.69, 9.17) is 0 Å². The van der Waals surface area contributed by atoms with Crippen LogP contribution in [0.3, 0.4) is 0 Å². The molecule has 0 unspecified atom stereocenters. The zero-order valence-electron chi connectivity index (χ0n) is 18.5. The highest BCUT2D eigenvalue weighted by Crippen LogP contribution is 2.57. The van der Waals surface area contributed by atoms with Crippen LogP contribution < -0.4 is 38.2 Å². The van der Waals surface area contributed by atoms with E-state index in [0.29, 0.717) is 0 Å². The predicted octanol–water partition coefficient (Wildman–Crippen LogP) is 3.20. The number of hydrogen-bond acceptors (Lipinski definition) is 1. The minimum atomic E-state index is -1.98. The molecule has 0 spiro atoms. The average Bonchev–Trinajstić information content (AvgIpc) is 2.85. The summed E-state index contributed by atoms with van der Waals surface area (Å²) >= 11 is 0. The first kappa shape index (κ1) is 24.0. The molecule has 3 heteroatoms. The fourth-order valence-electron chi connectivity index (χ4n) is 4.15. The molecular weight excluding hydrogens is 473 g/mol. The molecule has 32 heavy (non-hydrogen) atoms. The van der Waals surface area contributed by atoms with Gasteiger partial charge in [0.15, 0.2) is 0 Å². The van der Waals surface area contributed by atoms with E-state index in [1.807, 2.05) is 0 Å². The Morgan fingerprint density at radius 1 is 0.625 bits per heavy atom. The average molecular weight is 502 g/mol. The van der Waals surface area contributed by atoms with Crippen molar-refractivity contribution in [3.05, 3.63) is 138 Å². The van der Waals surface area contributed by atoms with Crippen LogP contribution >= 0.6 is 7.26 Å². The van der Waals surface area contributed by atoms with Gasteiger partial charge in [-0.05, 0) is 55.8 Å². The summed E-state index contributed by atoms with van der Waals surface area (Å²) in [5.74, 6) is 2.49. The molecule has 0 aromatic heterocycles. The molecule has 0 aliphatic rings. The first-order chi connectivity index (χ1) is 15.2. The monoisotopic (exact) mass is 501 g/mol. The van der Waals surface area contributed by atoms with Crippen LogP contribution in [0.2, 0.25) is 0 Å². The van der Waals surface area contributed by atoms with Gasteiger partial charge in [-0.1, -0.05) is 84.9 Å². The Balaban J connectivity index is 0.00000289. The van der Waals surface area contributed by atoms with Gasteiger partial charge in [-0.15, -0.1) is 0 Å². The third-order valence-corrected chi connectivity index (χ3v) is 9.73. The SMILES string of the molecule is C/C(=C\[P+](c1ccccc1)(c1ccccc1)c1ccccc1)N[C@H](C)c1ccccc1.[Br-]. The van der Waals surface area contributed by atoms with Gasteiger partial charge in [0.05, 0.1) is 5.82 Å². The molecular formula is C29H29BrNP. The number of hydrogen-bond donors (Lipinski definition) is 1. The molecule has 0 fully saturated rings. The molecule has 0 heterocycles.